The van der Waals surface area contributed by atoms with Crippen molar-refractivity contribution in [1.82, 2.24) is 0 Å². The van der Waals surface area contributed by atoms with Crippen molar-refractivity contribution >= 4 is 23.2 Å². The lowest BCUT2D eigenvalue weighted by Gasteiger charge is -2.26. The molecule has 0 spiro atoms. The molecule has 1 heterocycles. The number of rotatable bonds is 7. The average molecular weight is 458 g/mol. The molecular formula is C27H27N3O4. The van der Waals surface area contributed by atoms with Crippen molar-refractivity contribution in [1.29, 1.82) is 0 Å². The van der Waals surface area contributed by atoms with E-state index >= 15 is 0 Å². The summed E-state index contributed by atoms with van der Waals surface area (Å²) in [7, 11) is 3.19. The van der Waals surface area contributed by atoms with Crippen LogP contribution in [0, 0.1) is 0 Å². The molecule has 0 radical (unpaired) electrons. The van der Waals surface area contributed by atoms with E-state index in [4.69, 9.17) is 20.2 Å². The third-order valence-corrected chi connectivity index (χ3v) is 5.78. The van der Waals surface area contributed by atoms with Gasteiger partial charge in [0.25, 0.3) is 0 Å². The number of nitrogens with zero attached hydrogens (tertiary/aromatic N) is 2. The summed E-state index contributed by atoms with van der Waals surface area (Å²) >= 11 is 0. The molecule has 2 N–H and O–H groups in total. The second-order valence-corrected chi connectivity index (χ2v) is 7.90. The fraction of sp³-hybridized carbons (Fsp3) is 0.222. The minimum absolute atomic E-state index is 0.0308. The summed E-state index contributed by atoms with van der Waals surface area (Å²) in [5.74, 6) is 0.467. The van der Waals surface area contributed by atoms with Gasteiger partial charge in [-0.15, -0.1) is 0 Å². The van der Waals surface area contributed by atoms with Crippen LogP contribution in [0.15, 0.2) is 65.7 Å². The Hall–Kier alpha value is -4.13. The summed E-state index contributed by atoms with van der Waals surface area (Å²) in [6, 6.07) is 18.6. The lowest BCUT2D eigenvalue weighted by Crippen LogP contribution is -2.33. The summed E-state index contributed by atoms with van der Waals surface area (Å²) in [5, 5.41) is 0. The van der Waals surface area contributed by atoms with Gasteiger partial charge in [0.1, 0.15) is 18.0 Å². The van der Waals surface area contributed by atoms with E-state index in [2.05, 4.69) is 0 Å². The molecule has 3 aromatic carbocycles. The lowest BCUT2D eigenvalue weighted by molar-refractivity contribution is -0.117. The fourth-order valence-electron chi connectivity index (χ4n) is 4.28. The third kappa shape index (κ3) is 4.12. The molecule has 0 saturated heterocycles. The monoisotopic (exact) mass is 457 g/mol. The Morgan fingerprint density at radius 2 is 1.74 bits per heavy atom. The zero-order chi connectivity index (χ0) is 24.2. The molecular weight excluding hydrogens is 430 g/mol. The van der Waals surface area contributed by atoms with Gasteiger partial charge in [0, 0.05) is 23.7 Å². The first kappa shape index (κ1) is 23.0. The van der Waals surface area contributed by atoms with Crippen LogP contribution in [0.3, 0.4) is 0 Å². The number of carbonyl (C=O) groups excluding carboxylic acids is 2. The minimum atomic E-state index is -0.536. The first-order chi connectivity index (χ1) is 16.5. The first-order valence-corrected chi connectivity index (χ1v) is 11.1. The number of hydrogen-bond donors (Lipinski definition) is 1. The third-order valence-electron chi connectivity index (χ3n) is 5.78. The van der Waals surface area contributed by atoms with E-state index in [1.165, 1.54) is 0 Å². The van der Waals surface area contributed by atoms with Gasteiger partial charge < -0.3 is 20.1 Å². The molecule has 1 aliphatic heterocycles. The highest BCUT2D eigenvalue weighted by Crippen LogP contribution is 2.47. The quantitative estimate of drug-likeness (QED) is 0.579. The maximum atomic E-state index is 13.1. The Labute approximate surface area is 198 Å². The van der Waals surface area contributed by atoms with Gasteiger partial charge in [-0.2, -0.15) is 0 Å². The summed E-state index contributed by atoms with van der Waals surface area (Å²) in [6.07, 6.45) is 0.767. The van der Waals surface area contributed by atoms with Gasteiger partial charge in [-0.1, -0.05) is 49.4 Å². The van der Waals surface area contributed by atoms with Crippen molar-refractivity contribution in [2.24, 2.45) is 10.7 Å². The van der Waals surface area contributed by atoms with Crippen molar-refractivity contribution in [3.63, 3.8) is 0 Å². The van der Waals surface area contributed by atoms with Crippen LogP contribution in [-0.2, 0) is 4.79 Å². The van der Waals surface area contributed by atoms with Crippen LogP contribution in [0.5, 0.6) is 11.5 Å². The molecule has 0 unspecified atom stereocenters. The Morgan fingerprint density at radius 1 is 1.00 bits per heavy atom. The van der Waals surface area contributed by atoms with Crippen LogP contribution in [0.1, 0.15) is 34.8 Å². The molecule has 0 saturated carbocycles. The van der Waals surface area contributed by atoms with Crippen molar-refractivity contribution < 1.29 is 19.1 Å². The van der Waals surface area contributed by atoms with Crippen LogP contribution in [0.4, 0.5) is 5.69 Å². The standard InChI is InChI=1S/C27H27N3O4/c1-4-13-30-20-15-21(33-2)23(17-9-6-5-7-10-17)26(34-3)24(20)25(29-16-22(30)31)18-11-8-12-19(14-18)27(28)32/h5-12,14-15H,4,13,16H2,1-3H3,(H2,28,32). The minimum Gasteiger partial charge on any atom is -0.496 e. The topological polar surface area (TPSA) is 94.2 Å². The van der Waals surface area contributed by atoms with Gasteiger partial charge in [0.2, 0.25) is 11.8 Å². The SMILES string of the molecule is CCCN1C(=O)CN=C(c2cccc(C(N)=O)c2)c2c1cc(OC)c(-c1ccccc1)c2OC. The van der Waals surface area contributed by atoms with Gasteiger partial charge in [0.15, 0.2) is 0 Å². The summed E-state index contributed by atoms with van der Waals surface area (Å²) in [4.78, 5) is 31.4. The van der Waals surface area contributed by atoms with Gasteiger partial charge in [-0.25, -0.2) is 0 Å². The number of nitrogens with two attached hydrogens (primary N) is 1. The molecule has 34 heavy (non-hydrogen) atoms. The number of benzene rings is 3. The first-order valence-electron chi connectivity index (χ1n) is 11.1. The second-order valence-electron chi connectivity index (χ2n) is 7.90. The maximum Gasteiger partial charge on any atom is 0.248 e. The number of hydrogen-bond acceptors (Lipinski definition) is 5. The van der Waals surface area contributed by atoms with E-state index in [9.17, 15) is 9.59 Å². The Kier molecular flexibility index (Phi) is 6.63. The van der Waals surface area contributed by atoms with E-state index in [-0.39, 0.29) is 12.5 Å². The lowest BCUT2D eigenvalue weighted by atomic mass is 9.92. The molecule has 1 aliphatic rings. The number of methoxy groups -OCH3 is 2. The zero-order valence-corrected chi connectivity index (χ0v) is 19.5. The van der Waals surface area contributed by atoms with Crippen LogP contribution in [-0.4, -0.2) is 44.8 Å². The molecule has 7 nitrogen and oxygen atoms in total. The molecule has 3 aromatic rings. The van der Waals surface area contributed by atoms with E-state index in [0.29, 0.717) is 46.1 Å². The molecule has 2 amide bonds. The van der Waals surface area contributed by atoms with Crippen molar-refractivity contribution in [3.8, 4) is 22.6 Å². The average Bonchev–Trinajstić information content (AvgIpc) is 3.00. The van der Waals surface area contributed by atoms with Crippen LogP contribution >= 0.6 is 0 Å². The largest absolute Gasteiger partial charge is 0.496 e. The number of amides is 2. The van der Waals surface area contributed by atoms with E-state index in [1.807, 2.05) is 49.4 Å². The predicted octanol–water partition coefficient (Wildman–Crippen LogP) is 4.06. The van der Waals surface area contributed by atoms with E-state index in [1.54, 1.807) is 37.3 Å². The molecule has 0 aliphatic carbocycles. The van der Waals surface area contributed by atoms with Crippen molar-refractivity contribution in [3.05, 3.63) is 77.4 Å². The number of primary amides is 1. The summed E-state index contributed by atoms with van der Waals surface area (Å²) in [6.45, 7) is 2.51. The number of ether oxygens (including phenoxy) is 2. The molecule has 7 heteroatoms. The van der Waals surface area contributed by atoms with Crippen molar-refractivity contribution in [2.75, 3.05) is 32.2 Å². The molecule has 0 aromatic heterocycles. The molecule has 0 bridgehead atoms. The highest BCUT2D eigenvalue weighted by atomic mass is 16.5. The van der Waals surface area contributed by atoms with Gasteiger partial charge in [-0.05, 0) is 24.1 Å². The Balaban J connectivity index is 2.09. The fourth-order valence-corrected chi connectivity index (χ4v) is 4.28. The summed E-state index contributed by atoms with van der Waals surface area (Å²) in [5.41, 5.74) is 10.1. The molecule has 4 rings (SSSR count). The number of carbonyl (C=O) groups is 2. The normalized spacial score (nSPS) is 13.1. The number of anilines is 1. The Morgan fingerprint density at radius 3 is 2.38 bits per heavy atom. The highest BCUT2D eigenvalue weighted by Gasteiger charge is 2.32. The number of fused-ring (bicyclic) bond motifs is 1. The van der Waals surface area contributed by atoms with E-state index < -0.39 is 5.91 Å². The van der Waals surface area contributed by atoms with Gasteiger partial charge in [-0.3, -0.25) is 14.6 Å². The predicted molar refractivity (Wildman–Crippen MR) is 133 cm³/mol. The number of aliphatic imine (C=N–C) groups is 1. The van der Waals surface area contributed by atoms with E-state index in [0.717, 1.165) is 17.5 Å². The van der Waals surface area contributed by atoms with Crippen molar-refractivity contribution in [2.45, 2.75) is 13.3 Å². The van der Waals surface area contributed by atoms with Crippen LogP contribution in [0.25, 0.3) is 11.1 Å². The molecule has 0 fully saturated rings. The molecule has 174 valence electrons. The Bertz CT molecular complexity index is 1270. The number of benzodiazepines with no additional fused rings is 1. The van der Waals surface area contributed by atoms with Crippen LogP contribution < -0.4 is 20.1 Å². The van der Waals surface area contributed by atoms with Gasteiger partial charge in [0.05, 0.1) is 36.7 Å². The second kappa shape index (κ2) is 9.79. The van der Waals surface area contributed by atoms with Gasteiger partial charge >= 0.3 is 0 Å². The zero-order valence-electron chi connectivity index (χ0n) is 19.5. The molecule has 0 atom stereocenters. The van der Waals surface area contributed by atoms with Crippen LogP contribution in [0.2, 0.25) is 0 Å². The maximum absolute atomic E-state index is 13.1. The highest BCUT2D eigenvalue weighted by molar-refractivity contribution is 6.22. The summed E-state index contributed by atoms with van der Waals surface area (Å²) < 4.78 is 11.8. The smallest absolute Gasteiger partial charge is 0.248 e.